The topological polar surface area (TPSA) is 26.3 Å². The molecule has 14 heavy (non-hydrogen) atoms. The van der Waals surface area contributed by atoms with Crippen molar-refractivity contribution in [2.45, 2.75) is 6.92 Å². The van der Waals surface area contributed by atoms with Gasteiger partial charge in [-0.25, -0.2) is 4.79 Å². The van der Waals surface area contributed by atoms with Crippen molar-refractivity contribution < 1.29 is 9.53 Å². The molecule has 0 amide bonds. The van der Waals surface area contributed by atoms with Crippen LogP contribution in [0, 0.1) is 0 Å². The van der Waals surface area contributed by atoms with E-state index in [1.807, 2.05) is 30.3 Å². The molecule has 1 aromatic rings. The number of carbonyl (C=O) groups is 1. The predicted molar refractivity (Wildman–Crippen MR) is 58.3 cm³/mol. The van der Waals surface area contributed by atoms with Gasteiger partial charge in [0.2, 0.25) is 0 Å². The second-order valence-corrected chi connectivity index (χ2v) is 2.69. The molecule has 0 N–H and O–H groups in total. The average molecular weight is 213 g/mol. The first-order valence-electron chi connectivity index (χ1n) is 4.20. The fourth-order valence-electron chi connectivity index (χ4n) is 0.616. The molecule has 0 unspecified atom stereocenters. The van der Waals surface area contributed by atoms with E-state index in [9.17, 15) is 4.79 Å². The van der Waals surface area contributed by atoms with Gasteiger partial charge in [0, 0.05) is 11.1 Å². The summed E-state index contributed by atoms with van der Waals surface area (Å²) >= 11 is 5.54. The largest absolute Gasteiger partial charge is 0.463 e. The average Bonchev–Trinajstić information content (AvgIpc) is 2.20. The third kappa shape index (κ3) is 7.37. The maximum atomic E-state index is 10.1. The quantitative estimate of drug-likeness (QED) is 0.556. The van der Waals surface area contributed by atoms with Gasteiger partial charge < -0.3 is 4.74 Å². The molecule has 0 heterocycles. The molecule has 0 saturated carbocycles. The Kier molecular flexibility index (Phi) is 7.56. The summed E-state index contributed by atoms with van der Waals surface area (Å²) in [6.45, 7) is 5.38. The molecule has 0 saturated heterocycles. The van der Waals surface area contributed by atoms with Gasteiger partial charge in [-0.2, -0.15) is 0 Å². The highest BCUT2D eigenvalue weighted by molar-refractivity contribution is 6.30. The number of ether oxygens (including phenoxy) is 1. The Morgan fingerprint density at radius 1 is 1.50 bits per heavy atom. The van der Waals surface area contributed by atoms with Crippen molar-refractivity contribution in [2.24, 2.45) is 0 Å². The molecule has 0 aliphatic heterocycles. The fraction of sp³-hybridized carbons (Fsp3) is 0.182. The number of halogens is 1. The van der Waals surface area contributed by atoms with Crippen LogP contribution in [0.4, 0.5) is 0 Å². The molecular formula is C11H13ClO2. The molecule has 0 bridgehead atoms. The van der Waals surface area contributed by atoms with Gasteiger partial charge in [-0.05, 0) is 19.1 Å². The molecule has 2 nitrogen and oxygen atoms in total. The summed E-state index contributed by atoms with van der Waals surface area (Å²) in [6, 6.07) is 9.44. The van der Waals surface area contributed by atoms with Crippen LogP contribution in [0.5, 0.6) is 0 Å². The second kappa shape index (κ2) is 8.32. The van der Waals surface area contributed by atoms with Crippen LogP contribution < -0.4 is 0 Å². The number of carbonyl (C=O) groups excluding carboxylic acids is 1. The highest BCUT2D eigenvalue weighted by Gasteiger charge is 1.86. The Morgan fingerprint density at radius 2 is 2.07 bits per heavy atom. The summed E-state index contributed by atoms with van der Waals surface area (Å²) < 4.78 is 4.43. The molecule has 0 aliphatic carbocycles. The van der Waals surface area contributed by atoms with E-state index in [0.717, 1.165) is 11.1 Å². The fourth-order valence-corrected chi connectivity index (χ4v) is 0.761. The first kappa shape index (κ1) is 12.7. The maximum absolute atomic E-state index is 10.1. The van der Waals surface area contributed by atoms with Crippen LogP contribution in [0.25, 0.3) is 0 Å². The van der Waals surface area contributed by atoms with E-state index in [0.29, 0.717) is 6.61 Å². The Hall–Kier alpha value is -1.28. The van der Waals surface area contributed by atoms with Crippen LogP contribution in [0.1, 0.15) is 6.92 Å². The number of benzene rings is 1. The van der Waals surface area contributed by atoms with Gasteiger partial charge in [-0.3, -0.25) is 0 Å². The summed E-state index contributed by atoms with van der Waals surface area (Å²) in [5.41, 5.74) is 0. The Balaban J connectivity index is 0.000000241. The van der Waals surface area contributed by atoms with E-state index >= 15 is 0 Å². The molecule has 0 fully saturated rings. The molecule has 0 spiro atoms. The van der Waals surface area contributed by atoms with Crippen molar-refractivity contribution in [1.82, 2.24) is 0 Å². The summed E-state index contributed by atoms with van der Waals surface area (Å²) in [5, 5.41) is 0.794. The van der Waals surface area contributed by atoms with Gasteiger partial charge in [-0.15, -0.1) is 0 Å². The first-order chi connectivity index (χ1) is 6.70. The number of hydrogen-bond donors (Lipinski definition) is 0. The molecule has 0 aliphatic rings. The molecule has 76 valence electrons. The summed E-state index contributed by atoms with van der Waals surface area (Å²) in [4.78, 5) is 10.1. The van der Waals surface area contributed by atoms with Crippen molar-refractivity contribution in [3.8, 4) is 0 Å². The standard InChI is InChI=1S/C6H5Cl.C5H8O2/c7-6-4-2-1-3-5-6;1-3-5(6)7-4-2/h1-5H;3H,1,4H2,2H3. The SMILES string of the molecule is C=CC(=O)OCC.Clc1ccccc1. The number of hydrogen-bond acceptors (Lipinski definition) is 2. The summed E-state index contributed by atoms with van der Waals surface area (Å²) in [5.74, 6) is -0.359. The van der Waals surface area contributed by atoms with Gasteiger partial charge in [-0.1, -0.05) is 36.4 Å². The number of rotatable bonds is 2. The van der Waals surface area contributed by atoms with Crippen molar-refractivity contribution >= 4 is 17.6 Å². The van der Waals surface area contributed by atoms with Gasteiger partial charge in [0.25, 0.3) is 0 Å². The predicted octanol–water partition coefficient (Wildman–Crippen LogP) is 3.08. The van der Waals surface area contributed by atoms with Crippen molar-refractivity contribution in [2.75, 3.05) is 6.61 Å². The van der Waals surface area contributed by atoms with Crippen LogP contribution in [0.15, 0.2) is 43.0 Å². The van der Waals surface area contributed by atoms with Crippen LogP contribution in [0.2, 0.25) is 5.02 Å². The van der Waals surface area contributed by atoms with Crippen molar-refractivity contribution in [3.05, 3.63) is 48.0 Å². The normalized spacial score (nSPS) is 8.14. The van der Waals surface area contributed by atoms with Gasteiger partial charge >= 0.3 is 5.97 Å². The highest BCUT2D eigenvalue weighted by Crippen LogP contribution is 2.03. The van der Waals surface area contributed by atoms with E-state index < -0.39 is 0 Å². The minimum atomic E-state index is -0.359. The maximum Gasteiger partial charge on any atom is 0.330 e. The van der Waals surface area contributed by atoms with Crippen LogP contribution in [-0.2, 0) is 9.53 Å². The molecule has 0 aromatic heterocycles. The summed E-state index contributed by atoms with van der Waals surface area (Å²) in [6.07, 6.45) is 1.14. The van der Waals surface area contributed by atoms with Gasteiger partial charge in [0.1, 0.15) is 0 Å². The van der Waals surface area contributed by atoms with Crippen LogP contribution in [0.3, 0.4) is 0 Å². The molecule has 3 heteroatoms. The zero-order valence-electron chi connectivity index (χ0n) is 8.07. The van der Waals surface area contributed by atoms with Gasteiger partial charge in [0.05, 0.1) is 6.61 Å². The van der Waals surface area contributed by atoms with Crippen molar-refractivity contribution in [3.63, 3.8) is 0 Å². The third-order valence-electron chi connectivity index (χ3n) is 1.19. The smallest absolute Gasteiger partial charge is 0.330 e. The third-order valence-corrected chi connectivity index (χ3v) is 1.44. The lowest BCUT2D eigenvalue weighted by atomic mass is 10.4. The van der Waals surface area contributed by atoms with Crippen LogP contribution >= 0.6 is 11.6 Å². The molecule has 1 rings (SSSR count). The molecule has 0 radical (unpaired) electrons. The van der Waals surface area contributed by atoms with Crippen LogP contribution in [-0.4, -0.2) is 12.6 Å². The van der Waals surface area contributed by atoms with Gasteiger partial charge in [0.15, 0.2) is 0 Å². The van der Waals surface area contributed by atoms with E-state index in [2.05, 4.69) is 11.3 Å². The van der Waals surface area contributed by atoms with E-state index in [1.54, 1.807) is 6.92 Å². The lowest BCUT2D eigenvalue weighted by Crippen LogP contribution is -1.97. The van der Waals surface area contributed by atoms with E-state index in [-0.39, 0.29) is 5.97 Å². The molecular weight excluding hydrogens is 200 g/mol. The minimum absolute atomic E-state index is 0.359. The minimum Gasteiger partial charge on any atom is -0.463 e. The van der Waals surface area contributed by atoms with Crippen molar-refractivity contribution in [1.29, 1.82) is 0 Å². The number of esters is 1. The highest BCUT2D eigenvalue weighted by atomic mass is 35.5. The zero-order valence-corrected chi connectivity index (χ0v) is 8.83. The Morgan fingerprint density at radius 3 is 2.29 bits per heavy atom. The second-order valence-electron chi connectivity index (χ2n) is 2.25. The first-order valence-corrected chi connectivity index (χ1v) is 4.58. The Labute approximate surface area is 89.2 Å². The molecule has 1 aromatic carbocycles. The molecule has 0 atom stereocenters. The lowest BCUT2D eigenvalue weighted by molar-refractivity contribution is -0.137. The zero-order chi connectivity index (χ0) is 10.8. The Bertz CT molecular complexity index is 270. The lowest BCUT2D eigenvalue weighted by Gasteiger charge is -1.90. The van der Waals surface area contributed by atoms with E-state index in [1.165, 1.54) is 0 Å². The monoisotopic (exact) mass is 212 g/mol. The van der Waals surface area contributed by atoms with E-state index in [4.69, 9.17) is 11.6 Å². The summed E-state index contributed by atoms with van der Waals surface area (Å²) in [7, 11) is 0.